The Kier molecular flexibility index (Phi) is 3.00. The highest BCUT2D eigenvalue weighted by molar-refractivity contribution is 7.91. The van der Waals surface area contributed by atoms with Gasteiger partial charge in [0, 0.05) is 6.54 Å². The molecule has 0 saturated carbocycles. The average Bonchev–Trinajstić information content (AvgIpc) is 2.58. The second kappa shape index (κ2) is 4.33. The number of nitrogens with one attached hydrogen (secondary N) is 1. The second-order valence-electron chi connectivity index (χ2n) is 5.12. The van der Waals surface area contributed by atoms with E-state index in [2.05, 4.69) is 0 Å². The zero-order chi connectivity index (χ0) is 15.6. The minimum absolute atomic E-state index is 0.0644. The molecule has 1 aromatic carbocycles. The van der Waals surface area contributed by atoms with E-state index < -0.39 is 32.6 Å². The van der Waals surface area contributed by atoms with Crippen LogP contribution in [0.5, 0.6) is 0 Å². The summed E-state index contributed by atoms with van der Waals surface area (Å²) in [5.74, 6) is -0.426. The highest BCUT2D eigenvalue weighted by atomic mass is 32.2. The Labute approximate surface area is 122 Å². The SMILES string of the molecule is C[C@@H]1Cn2c(=N)sc3cc(C(F)(F)F)cc(c32)CS1(=O)=O. The summed E-state index contributed by atoms with van der Waals surface area (Å²) in [5.41, 5.74) is -0.312. The maximum Gasteiger partial charge on any atom is 0.416 e. The maximum absolute atomic E-state index is 12.9. The van der Waals surface area contributed by atoms with Crippen LogP contribution in [0, 0.1) is 5.41 Å². The predicted molar refractivity (Wildman–Crippen MR) is 72.8 cm³/mol. The molecule has 0 spiro atoms. The number of alkyl halides is 3. The maximum atomic E-state index is 12.9. The van der Waals surface area contributed by atoms with Crippen molar-refractivity contribution < 1.29 is 21.6 Å². The van der Waals surface area contributed by atoms with Gasteiger partial charge >= 0.3 is 6.18 Å². The van der Waals surface area contributed by atoms with E-state index >= 15 is 0 Å². The van der Waals surface area contributed by atoms with Gasteiger partial charge in [-0.15, -0.1) is 0 Å². The Morgan fingerprint density at radius 3 is 2.67 bits per heavy atom. The van der Waals surface area contributed by atoms with E-state index in [1.807, 2.05) is 0 Å². The largest absolute Gasteiger partial charge is 0.416 e. The predicted octanol–water partition coefficient (Wildman–Crippen LogP) is 2.52. The minimum Gasteiger partial charge on any atom is -0.315 e. The summed E-state index contributed by atoms with van der Waals surface area (Å²) < 4.78 is 64.8. The molecule has 0 amide bonds. The van der Waals surface area contributed by atoms with Crippen molar-refractivity contribution in [3.8, 4) is 0 Å². The van der Waals surface area contributed by atoms with Crippen molar-refractivity contribution in [3.63, 3.8) is 0 Å². The van der Waals surface area contributed by atoms with Crippen molar-refractivity contribution >= 4 is 31.4 Å². The summed E-state index contributed by atoms with van der Waals surface area (Å²) in [6.45, 7) is 1.61. The van der Waals surface area contributed by atoms with Gasteiger partial charge in [0.1, 0.15) is 0 Å². The fourth-order valence-electron chi connectivity index (χ4n) is 2.49. The summed E-state index contributed by atoms with van der Waals surface area (Å²) in [5, 5.41) is 7.15. The van der Waals surface area contributed by atoms with Gasteiger partial charge in [-0.25, -0.2) is 8.42 Å². The van der Waals surface area contributed by atoms with Crippen molar-refractivity contribution in [2.45, 2.75) is 30.6 Å². The van der Waals surface area contributed by atoms with Crippen molar-refractivity contribution in [1.82, 2.24) is 4.57 Å². The fraction of sp³-hybridized carbons (Fsp3) is 0.417. The lowest BCUT2D eigenvalue weighted by Gasteiger charge is -2.10. The first-order valence-corrected chi connectivity index (χ1v) is 8.62. The quantitative estimate of drug-likeness (QED) is 0.803. The first-order chi connectivity index (χ1) is 9.59. The van der Waals surface area contributed by atoms with Gasteiger partial charge in [-0.05, 0) is 24.6 Å². The van der Waals surface area contributed by atoms with Crippen LogP contribution in [-0.4, -0.2) is 18.2 Å². The lowest BCUT2D eigenvalue weighted by molar-refractivity contribution is -0.137. The Hall–Kier alpha value is -1.35. The van der Waals surface area contributed by atoms with Crippen LogP contribution in [0.25, 0.3) is 10.2 Å². The van der Waals surface area contributed by atoms with Gasteiger partial charge in [-0.3, -0.25) is 5.41 Å². The molecule has 1 aromatic heterocycles. The van der Waals surface area contributed by atoms with Crippen LogP contribution in [0.3, 0.4) is 0 Å². The van der Waals surface area contributed by atoms with Crippen molar-refractivity contribution in [2.24, 2.45) is 0 Å². The molecule has 2 aromatic rings. The van der Waals surface area contributed by atoms with E-state index in [-0.39, 0.29) is 16.9 Å². The van der Waals surface area contributed by atoms with E-state index in [0.717, 1.165) is 23.5 Å². The Morgan fingerprint density at radius 1 is 1.38 bits per heavy atom. The van der Waals surface area contributed by atoms with Crippen LogP contribution in [0.15, 0.2) is 12.1 Å². The van der Waals surface area contributed by atoms with E-state index in [9.17, 15) is 21.6 Å². The molecular formula is C12H11F3N2O2S2. The molecule has 1 atom stereocenters. The number of nitrogens with zero attached hydrogens (tertiary/aromatic N) is 1. The summed E-state index contributed by atoms with van der Waals surface area (Å²) >= 11 is 0.934. The number of sulfone groups is 1. The zero-order valence-corrected chi connectivity index (χ0v) is 12.5. The van der Waals surface area contributed by atoms with Gasteiger partial charge < -0.3 is 4.57 Å². The lowest BCUT2D eigenvalue weighted by Crippen LogP contribution is -2.25. The normalized spacial score (nSPS) is 21.4. The molecule has 0 saturated heterocycles. The molecule has 2 heterocycles. The van der Waals surface area contributed by atoms with Crippen LogP contribution in [0.2, 0.25) is 0 Å². The van der Waals surface area contributed by atoms with E-state index in [4.69, 9.17) is 5.41 Å². The van der Waals surface area contributed by atoms with Crippen molar-refractivity contribution in [3.05, 3.63) is 28.1 Å². The number of hydrogen-bond donors (Lipinski definition) is 1. The fourth-order valence-corrected chi connectivity index (χ4v) is 4.81. The molecule has 0 radical (unpaired) electrons. The van der Waals surface area contributed by atoms with Gasteiger partial charge in [0.15, 0.2) is 14.6 Å². The molecule has 21 heavy (non-hydrogen) atoms. The highest BCUT2D eigenvalue weighted by Gasteiger charge is 2.35. The lowest BCUT2D eigenvalue weighted by atomic mass is 10.1. The van der Waals surface area contributed by atoms with Gasteiger partial charge in [0.05, 0.1) is 26.8 Å². The molecule has 9 heteroatoms. The van der Waals surface area contributed by atoms with Crippen molar-refractivity contribution in [1.29, 1.82) is 5.41 Å². The number of hydrogen-bond acceptors (Lipinski definition) is 4. The number of aromatic nitrogens is 1. The average molecular weight is 336 g/mol. The van der Waals surface area contributed by atoms with Crippen LogP contribution in [0.1, 0.15) is 18.1 Å². The number of halogens is 3. The second-order valence-corrected chi connectivity index (χ2v) is 8.57. The Morgan fingerprint density at radius 2 is 2.05 bits per heavy atom. The topological polar surface area (TPSA) is 62.9 Å². The molecule has 1 N–H and O–H groups in total. The number of benzene rings is 1. The monoisotopic (exact) mass is 336 g/mol. The first kappa shape index (κ1) is 14.6. The smallest absolute Gasteiger partial charge is 0.315 e. The number of rotatable bonds is 0. The molecule has 4 nitrogen and oxygen atoms in total. The summed E-state index contributed by atoms with van der Waals surface area (Å²) in [4.78, 5) is 0.0644. The molecule has 0 fully saturated rings. The van der Waals surface area contributed by atoms with Crippen LogP contribution >= 0.6 is 11.3 Å². The summed E-state index contributed by atoms with van der Waals surface area (Å²) in [7, 11) is -3.53. The molecular weight excluding hydrogens is 325 g/mol. The van der Waals surface area contributed by atoms with Crippen LogP contribution in [0.4, 0.5) is 13.2 Å². The number of thiazole rings is 1. The summed E-state index contributed by atoms with van der Waals surface area (Å²) in [6.07, 6.45) is -4.54. The van der Waals surface area contributed by atoms with Gasteiger partial charge in [0.25, 0.3) is 0 Å². The minimum atomic E-state index is -4.54. The van der Waals surface area contributed by atoms with Crippen LogP contribution in [-0.2, 0) is 28.3 Å². The Bertz CT molecular complexity index is 894. The third kappa shape index (κ3) is 2.28. The van der Waals surface area contributed by atoms with Crippen LogP contribution < -0.4 is 4.80 Å². The highest BCUT2D eigenvalue weighted by Crippen LogP contribution is 2.36. The molecule has 114 valence electrons. The molecule has 0 unspecified atom stereocenters. The first-order valence-electron chi connectivity index (χ1n) is 6.09. The van der Waals surface area contributed by atoms with Gasteiger partial charge in [-0.1, -0.05) is 11.3 Å². The summed E-state index contributed by atoms with van der Waals surface area (Å²) in [6, 6.07) is 1.88. The molecule has 0 aliphatic carbocycles. The van der Waals surface area contributed by atoms with Gasteiger partial charge in [-0.2, -0.15) is 13.2 Å². The Balaban J connectivity index is 2.39. The van der Waals surface area contributed by atoms with Crippen molar-refractivity contribution in [2.75, 3.05) is 0 Å². The third-order valence-electron chi connectivity index (χ3n) is 3.61. The van der Waals surface area contributed by atoms with E-state index in [1.54, 1.807) is 0 Å². The molecule has 1 aliphatic rings. The molecule has 1 aliphatic heterocycles. The third-order valence-corrected chi connectivity index (χ3v) is 6.65. The molecule has 3 rings (SSSR count). The molecule has 0 bridgehead atoms. The standard InChI is InChI=1S/C12H11F3N2O2S2/c1-6-4-17-10-7(5-21(6,18)19)2-8(12(13,14)15)3-9(10)20-11(17)16/h2-3,6,16H,4-5H2,1H3/t6-/m1/s1. The zero-order valence-electron chi connectivity index (χ0n) is 10.9. The van der Waals surface area contributed by atoms with Gasteiger partial charge in [0.2, 0.25) is 0 Å². The van der Waals surface area contributed by atoms with E-state index in [0.29, 0.717) is 10.2 Å². The van der Waals surface area contributed by atoms with E-state index in [1.165, 1.54) is 11.5 Å².